The lowest BCUT2D eigenvalue weighted by atomic mass is 9.94. The monoisotopic (exact) mass is 281 g/mol. The first-order valence-electron chi connectivity index (χ1n) is 7.02. The lowest BCUT2D eigenvalue weighted by Crippen LogP contribution is -2.42. The molecular weight excluding hydrogens is 258 g/mol. The van der Waals surface area contributed by atoms with Gasteiger partial charge in [0.05, 0.1) is 4.90 Å². The highest BCUT2D eigenvalue weighted by Crippen LogP contribution is 2.26. The third-order valence-electron chi connectivity index (χ3n) is 3.80. The molecule has 1 aliphatic rings. The number of aryl methyl sites for hydroxylation is 1. The summed E-state index contributed by atoms with van der Waals surface area (Å²) < 4.78 is 26.9. The van der Waals surface area contributed by atoms with Crippen LogP contribution in [0.25, 0.3) is 0 Å². The minimum absolute atomic E-state index is 0.422. The number of piperidine rings is 1. The first kappa shape index (κ1) is 14.5. The summed E-state index contributed by atoms with van der Waals surface area (Å²) in [6.45, 7) is 7.60. The Bertz CT molecular complexity index is 512. The van der Waals surface area contributed by atoms with Crippen molar-refractivity contribution in [2.75, 3.05) is 13.1 Å². The van der Waals surface area contributed by atoms with E-state index in [0.29, 0.717) is 29.8 Å². The molecule has 0 saturated carbocycles. The van der Waals surface area contributed by atoms with Crippen LogP contribution in [-0.4, -0.2) is 25.8 Å². The van der Waals surface area contributed by atoms with Gasteiger partial charge in [-0.2, -0.15) is 4.31 Å². The van der Waals surface area contributed by atoms with Gasteiger partial charge in [-0.25, -0.2) is 8.42 Å². The maximum absolute atomic E-state index is 12.6. The van der Waals surface area contributed by atoms with Crippen molar-refractivity contribution in [2.24, 2.45) is 11.8 Å². The molecule has 0 N–H and O–H groups in total. The molecule has 0 radical (unpaired) electrons. The summed E-state index contributed by atoms with van der Waals surface area (Å²) in [5.74, 6) is 0.877. The van der Waals surface area contributed by atoms with Gasteiger partial charge in [-0.15, -0.1) is 0 Å². The van der Waals surface area contributed by atoms with Crippen LogP contribution in [0.15, 0.2) is 29.2 Å². The minimum atomic E-state index is -3.32. The molecule has 0 aromatic heterocycles. The normalized spacial score (nSPS) is 25.4. The van der Waals surface area contributed by atoms with Gasteiger partial charge in [0.25, 0.3) is 0 Å². The molecule has 1 saturated heterocycles. The van der Waals surface area contributed by atoms with E-state index >= 15 is 0 Å². The Morgan fingerprint density at radius 3 is 2.11 bits per heavy atom. The number of hydrogen-bond acceptors (Lipinski definition) is 2. The molecule has 2 unspecified atom stereocenters. The topological polar surface area (TPSA) is 37.4 Å². The Morgan fingerprint density at radius 1 is 1.11 bits per heavy atom. The standard InChI is InChI=1S/C15H23NO2S/c1-4-14-5-7-15(8-6-14)19(17,18)16-10-12(2)9-13(3)11-16/h5-8,12-13H,4,9-11H2,1-3H3. The molecule has 1 aliphatic heterocycles. The molecule has 1 aromatic rings. The van der Waals surface area contributed by atoms with Gasteiger partial charge >= 0.3 is 0 Å². The summed E-state index contributed by atoms with van der Waals surface area (Å²) >= 11 is 0. The predicted octanol–water partition coefficient (Wildman–Crippen LogP) is 2.92. The third kappa shape index (κ3) is 3.18. The van der Waals surface area contributed by atoms with E-state index in [4.69, 9.17) is 0 Å². The van der Waals surface area contributed by atoms with Crippen LogP contribution in [-0.2, 0) is 16.4 Å². The van der Waals surface area contributed by atoms with Gasteiger partial charge < -0.3 is 0 Å². The van der Waals surface area contributed by atoms with Gasteiger partial charge in [-0.05, 0) is 42.4 Å². The van der Waals surface area contributed by atoms with Gasteiger partial charge in [-0.3, -0.25) is 0 Å². The molecule has 0 amide bonds. The molecule has 1 aromatic carbocycles. The molecule has 19 heavy (non-hydrogen) atoms. The van der Waals surface area contributed by atoms with E-state index in [0.717, 1.165) is 12.8 Å². The van der Waals surface area contributed by atoms with Crippen molar-refractivity contribution in [2.45, 2.75) is 38.5 Å². The molecule has 4 heteroatoms. The second kappa shape index (κ2) is 5.63. The number of nitrogens with zero attached hydrogens (tertiary/aromatic N) is 1. The SMILES string of the molecule is CCc1ccc(S(=O)(=O)N2CC(C)CC(C)C2)cc1. The number of rotatable bonds is 3. The molecule has 1 fully saturated rings. The lowest BCUT2D eigenvalue weighted by Gasteiger charge is -2.34. The fourth-order valence-corrected chi connectivity index (χ4v) is 4.53. The van der Waals surface area contributed by atoms with Crippen LogP contribution < -0.4 is 0 Å². The Balaban J connectivity index is 2.25. The molecule has 0 bridgehead atoms. The summed E-state index contributed by atoms with van der Waals surface area (Å²) in [5, 5.41) is 0. The fourth-order valence-electron chi connectivity index (χ4n) is 2.85. The average molecular weight is 281 g/mol. The van der Waals surface area contributed by atoms with Gasteiger partial charge in [0, 0.05) is 13.1 Å². The van der Waals surface area contributed by atoms with Crippen molar-refractivity contribution in [3.8, 4) is 0 Å². The highest BCUT2D eigenvalue weighted by Gasteiger charge is 2.31. The maximum Gasteiger partial charge on any atom is 0.243 e. The maximum atomic E-state index is 12.6. The van der Waals surface area contributed by atoms with Crippen LogP contribution in [0.3, 0.4) is 0 Å². The zero-order chi connectivity index (χ0) is 14.0. The third-order valence-corrected chi connectivity index (χ3v) is 5.65. The molecule has 0 aliphatic carbocycles. The van der Waals surface area contributed by atoms with Gasteiger partial charge in [0.1, 0.15) is 0 Å². The largest absolute Gasteiger partial charge is 0.243 e. The summed E-state index contributed by atoms with van der Waals surface area (Å²) in [7, 11) is -3.32. The number of hydrogen-bond donors (Lipinski definition) is 0. The van der Waals surface area contributed by atoms with Crippen molar-refractivity contribution in [3.05, 3.63) is 29.8 Å². The van der Waals surface area contributed by atoms with Crippen molar-refractivity contribution in [1.29, 1.82) is 0 Å². The second-order valence-corrected chi connectivity index (χ2v) is 7.70. The lowest BCUT2D eigenvalue weighted by molar-refractivity contribution is 0.222. The van der Waals surface area contributed by atoms with Crippen LogP contribution in [0, 0.1) is 11.8 Å². The van der Waals surface area contributed by atoms with Crippen LogP contribution in [0.4, 0.5) is 0 Å². The quantitative estimate of drug-likeness (QED) is 0.854. The zero-order valence-corrected chi connectivity index (χ0v) is 12.8. The Morgan fingerprint density at radius 2 is 1.63 bits per heavy atom. The average Bonchev–Trinajstić information content (AvgIpc) is 2.37. The van der Waals surface area contributed by atoms with Crippen molar-refractivity contribution < 1.29 is 8.42 Å². The van der Waals surface area contributed by atoms with Crippen LogP contribution >= 0.6 is 0 Å². The van der Waals surface area contributed by atoms with Crippen LogP contribution in [0.5, 0.6) is 0 Å². The van der Waals surface area contributed by atoms with E-state index in [-0.39, 0.29) is 0 Å². The zero-order valence-electron chi connectivity index (χ0n) is 12.0. The smallest absolute Gasteiger partial charge is 0.207 e. The van der Waals surface area contributed by atoms with Crippen LogP contribution in [0.1, 0.15) is 32.8 Å². The number of benzene rings is 1. The minimum Gasteiger partial charge on any atom is -0.207 e. The van der Waals surface area contributed by atoms with Crippen molar-refractivity contribution in [1.82, 2.24) is 4.31 Å². The van der Waals surface area contributed by atoms with Crippen LogP contribution in [0.2, 0.25) is 0 Å². The molecule has 2 rings (SSSR count). The highest BCUT2D eigenvalue weighted by molar-refractivity contribution is 7.89. The van der Waals surface area contributed by atoms with Crippen molar-refractivity contribution >= 4 is 10.0 Å². The second-order valence-electron chi connectivity index (χ2n) is 5.77. The predicted molar refractivity (Wildman–Crippen MR) is 77.5 cm³/mol. The van der Waals surface area contributed by atoms with Gasteiger partial charge in [0.15, 0.2) is 0 Å². The van der Waals surface area contributed by atoms with Crippen molar-refractivity contribution in [3.63, 3.8) is 0 Å². The van der Waals surface area contributed by atoms with E-state index in [2.05, 4.69) is 20.8 Å². The molecule has 1 heterocycles. The Labute approximate surface area is 116 Å². The van der Waals surface area contributed by atoms with E-state index in [9.17, 15) is 8.42 Å². The summed E-state index contributed by atoms with van der Waals surface area (Å²) in [6, 6.07) is 7.28. The molecule has 2 atom stereocenters. The summed E-state index contributed by atoms with van der Waals surface area (Å²) in [5.41, 5.74) is 1.17. The van der Waals surface area contributed by atoms with E-state index in [1.165, 1.54) is 5.56 Å². The molecule has 3 nitrogen and oxygen atoms in total. The number of sulfonamides is 1. The Hall–Kier alpha value is -0.870. The first-order valence-corrected chi connectivity index (χ1v) is 8.46. The summed E-state index contributed by atoms with van der Waals surface area (Å²) in [4.78, 5) is 0.422. The molecular formula is C15H23NO2S. The molecule has 0 spiro atoms. The Kier molecular flexibility index (Phi) is 4.31. The molecule has 106 valence electrons. The fraction of sp³-hybridized carbons (Fsp3) is 0.600. The van der Waals surface area contributed by atoms with Gasteiger partial charge in [0.2, 0.25) is 10.0 Å². The first-order chi connectivity index (χ1) is 8.93. The van der Waals surface area contributed by atoms with Gasteiger partial charge in [-0.1, -0.05) is 32.9 Å². The van der Waals surface area contributed by atoms with E-state index in [1.54, 1.807) is 16.4 Å². The summed E-state index contributed by atoms with van der Waals surface area (Å²) in [6.07, 6.45) is 2.04. The van der Waals surface area contributed by atoms with E-state index in [1.807, 2.05) is 12.1 Å². The highest BCUT2D eigenvalue weighted by atomic mass is 32.2. The van der Waals surface area contributed by atoms with E-state index < -0.39 is 10.0 Å².